The highest BCUT2D eigenvalue weighted by molar-refractivity contribution is 6.14. The number of nitrogens with zero attached hydrogens (tertiary/aromatic N) is 4. The lowest BCUT2D eigenvalue weighted by Crippen LogP contribution is -2.10. The monoisotopic (exact) mass is 718 g/mol. The molecule has 0 amide bonds. The fourth-order valence-corrected chi connectivity index (χ4v) is 7.36. The van der Waals surface area contributed by atoms with Gasteiger partial charge >= 0.3 is 0 Å². The number of furan rings is 1. The Hall–Kier alpha value is -7.63. The molecule has 10 aromatic rings. The zero-order valence-electron chi connectivity index (χ0n) is 30.3. The van der Waals surface area contributed by atoms with Gasteiger partial charge in [-0.3, -0.25) is 0 Å². The van der Waals surface area contributed by atoms with Crippen molar-refractivity contribution in [2.45, 2.75) is 0 Å². The van der Waals surface area contributed by atoms with E-state index in [2.05, 4.69) is 150 Å². The summed E-state index contributed by atoms with van der Waals surface area (Å²) in [6, 6.07) is 71.0. The van der Waals surface area contributed by atoms with E-state index in [9.17, 15) is 0 Å². The summed E-state index contributed by atoms with van der Waals surface area (Å²) in [5.74, 6) is 1.80. The number of para-hydroxylation sites is 1. The number of hydrogen-bond acceptors (Lipinski definition) is 5. The Labute approximate surface area is 324 Å². The molecule has 5 heteroatoms. The maximum atomic E-state index is 6.64. The third-order valence-corrected chi connectivity index (χ3v) is 10.1. The van der Waals surface area contributed by atoms with Gasteiger partial charge in [0.1, 0.15) is 11.2 Å². The van der Waals surface area contributed by atoms with Crippen LogP contribution >= 0.6 is 0 Å². The lowest BCUT2D eigenvalue weighted by atomic mass is 10.0. The first-order valence-electron chi connectivity index (χ1n) is 18.7. The molecule has 56 heavy (non-hydrogen) atoms. The van der Waals surface area contributed by atoms with E-state index in [-0.39, 0.29) is 0 Å². The molecule has 0 saturated carbocycles. The van der Waals surface area contributed by atoms with Gasteiger partial charge in [-0.25, -0.2) is 15.0 Å². The number of hydrogen-bond donors (Lipinski definition) is 0. The van der Waals surface area contributed by atoms with Gasteiger partial charge in [0.2, 0.25) is 0 Å². The highest BCUT2D eigenvalue weighted by Gasteiger charge is 2.21. The third kappa shape index (κ3) is 6.27. The first-order valence-corrected chi connectivity index (χ1v) is 18.7. The van der Waals surface area contributed by atoms with Crippen LogP contribution in [0.4, 0.5) is 17.1 Å². The van der Waals surface area contributed by atoms with Gasteiger partial charge in [0.15, 0.2) is 17.5 Å². The summed E-state index contributed by atoms with van der Waals surface area (Å²) < 4.78 is 6.64. The SMILES string of the molecule is c1ccc(-c2ccc(-c3nc(-c4ccccc4)nc(-c4ccc5c(c4)oc4cccc(N(c6ccccc6)c6ccc(-c7ccccc7)cc6)c45)n3)cc2)cc1. The first kappa shape index (κ1) is 33.0. The van der Waals surface area contributed by atoms with Crippen molar-refractivity contribution in [1.82, 2.24) is 15.0 Å². The van der Waals surface area contributed by atoms with Crippen molar-refractivity contribution in [3.05, 3.63) is 206 Å². The quantitative estimate of drug-likeness (QED) is 0.157. The minimum atomic E-state index is 0.577. The number of rotatable bonds is 8. The van der Waals surface area contributed by atoms with Crippen molar-refractivity contribution in [1.29, 1.82) is 0 Å². The minimum Gasteiger partial charge on any atom is -0.456 e. The Balaban J connectivity index is 1.08. The van der Waals surface area contributed by atoms with Crippen molar-refractivity contribution < 1.29 is 4.42 Å². The third-order valence-electron chi connectivity index (χ3n) is 10.1. The zero-order chi connectivity index (χ0) is 37.3. The van der Waals surface area contributed by atoms with Crippen LogP contribution in [0.15, 0.2) is 211 Å². The summed E-state index contributed by atoms with van der Waals surface area (Å²) in [4.78, 5) is 17.3. The van der Waals surface area contributed by atoms with Crippen LogP contribution in [-0.4, -0.2) is 15.0 Å². The highest BCUT2D eigenvalue weighted by atomic mass is 16.3. The first-order chi connectivity index (χ1) is 27.7. The van der Waals surface area contributed by atoms with Crippen LogP contribution in [0.2, 0.25) is 0 Å². The Kier molecular flexibility index (Phi) is 8.43. The Morgan fingerprint density at radius 2 is 0.750 bits per heavy atom. The molecule has 0 aliphatic carbocycles. The molecule has 0 unspecified atom stereocenters. The molecule has 0 bridgehead atoms. The fourth-order valence-electron chi connectivity index (χ4n) is 7.36. The molecule has 0 fully saturated rings. The van der Waals surface area contributed by atoms with Gasteiger partial charge in [-0.2, -0.15) is 0 Å². The van der Waals surface area contributed by atoms with Crippen molar-refractivity contribution in [3.63, 3.8) is 0 Å². The summed E-state index contributed by atoms with van der Waals surface area (Å²) in [5.41, 5.74) is 12.0. The van der Waals surface area contributed by atoms with Crippen molar-refractivity contribution >= 4 is 39.0 Å². The van der Waals surface area contributed by atoms with Gasteiger partial charge in [0, 0.05) is 33.5 Å². The summed E-state index contributed by atoms with van der Waals surface area (Å²) in [5, 5.41) is 2.04. The van der Waals surface area contributed by atoms with Crippen molar-refractivity contribution in [2.75, 3.05) is 4.90 Å². The standard InChI is InChI=1S/C51H34N4O/c1-5-14-35(15-6-1)37-24-26-40(27-25-37)50-52-49(39-18-9-3-10-19-39)53-51(54-50)41-30-33-44-47(34-41)56-46-23-13-22-45(48(44)46)55(42-20-11-4-12-21-42)43-31-28-38(29-32-43)36-16-7-2-8-17-36/h1-34H. The molecule has 8 aromatic carbocycles. The second kappa shape index (κ2) is 14.3. The van der Waals surface area contributed by atoms with E-state index in [1.807, 2.05) is 60.7 Å². The average molecular weight is 719 g/mol. The molecule has 0 aliphatic rings. The van der Waals surface area contributed by atoms with Crippen LogP contribution in [0.1, 0.15) is 0 Å². The number of benzene rings is 8. The minimum absolute atomic E-state index is 0.577. The van der Waals surface area contributed by atoms with Crippen LogP contribution in [-0.2, 0) is 0 Å². The zero-order valence-corrected chi connectivity index (χ0v) is 30.3. The van der Waals surface area contributed by atoms with Gasteiger partial charge < -0.3 is 9.32 Å². The van der Waals surface area contributed by atoms with E-state index in [0.29, 0.717) is 17.5 Å². The molecular weight excluding hydrogens is 685 g/mol. The summed E-state index contributed by atoms with van der Waals surface area (Å²) in [6.45, 7) is 0. The van der Waals surface area contributed by atoms with Gasteiger partial charge in [0.25, 0.3) is 0 Å². The Morgan fingerprint density at radius 3 is 1.34 bits per heavy atom. The highest BCUT2D eigenvalue weighted by Crippen LogP contribution is 2.43. The van der Waals surface area contributed by atoms with E-state index < -0.39 is 0 Å². The lowest BCUT2D eigenvalue weighted by Gasteiger charge is -2.26. The van der Waals surface area contributed by atoms with Crippen LogP contribution in [0.25, 0.3) is 78.4 Å². The van der Waals surface area contributed by atoms with E-state index in [0.717, 1.165) is 66.8 Å². The molecule has 0 atom stereocenters. The molecule has 264 valence electrons. The van der Waals surface area contributed by atoms with Crippen LogP contribution in [0.3, 0.4) is 0 Å². The second-order valence-corrected chi connectivity index (χ2v) is 13.7. The molecule has 0 spiro atoms. The molecule has 0 radical (unpaired) electrons. The number of aromatic nitrogens is 3. The predicted octanol–water partition coefficient (Wildman–Crippen LogP) is 13.6. The molecule has 2 aromatic heterocycles. The van der Waals surface area contributed by atoms with Gasteiger partial charge in [-0.05, 0) is 70.8 Å². The van der Waals surface area contributed by atoms with E-state index in [1.54, 1.807) is 0 Å². The lowest BCUT2D eigenvalue weighted by molar-refractivity contribution is 0.669. The topological polar surface area (TPSA) is 55.1 Å². The molecule has 5 nitrogen and oxygen atoms in total. The smallest absolute Gasteiger partial charge is 0.164 e. The molecule has 0 saturated heterocycles. The largest absolute Gasteiger partial charge is 0.456 e. The molecular formula is C51H34N4O. The fraction of sp³-hybridized carbons (Fsp3) is 0. The molecule has 10 rings (SSSR count). The van der Waals surface area contributed by atoms with Crippen LogP contribution in [0, 0.1) is 0 Å². The van der Waals surface area contributed by atoms with Gasteiger partial charge in [0.05, 0.1) is 11.1 Å². The van der Waals surface area contributed by atoms with Crippen LogP contribution < -0.4 is 4.90 Å². The summed E-state index contributed by atoms with van der Waals surface area (Å²) >= 11 is 0. The number of anilines is 3. The predicted molar refractivity (Wildman–Crippen MR) is 229 cm³/mol. The average Bonchev–Trinajstić information content (AvgIpc) is 3.67. The van der Waals surface area contributed by atoms with E-state index in [4.69, 9.17) is 19.4 Å². The number of fused-ring (bicyclic) bond motifs is 3. The van der Waals surface area contributed by atoms with Crippen molar-refractivity contribution in [3.8, 4) is 56.4 Å². The second-order valence-electron chi connectivity index (χ2n) is 13.7. The Morgan fingerprint density at radius 1 is 0.321 bits per heavy atom. The van der Waals surface area contributed by atoms with Crippen molar-refractivity contribution in [2.24, 2.45) is 0 Å². The van der Waals surface area contributed by atoms with E-state index in [1.165, 1.54) is 11.1 Å². The maximum absolute atomic E-state index is 6.64. The van der Waals surface area contributed by atoms with E-state index >= 15 is 0 Å². The maximum Gasteiger partial charge on any atom is 0.164 e. The molecule has 0 N–H and O–H groups in total. The molecule has 2 heterocycles. The molecule has 0 aliphatic heterocycles. The summed E-state index contributed by atoms with van der Waals surface area (Å²) in [7, 11) is 0. The normalized spacial score (nSPS) is 11.2. The van der Waals surface area contributed by atoms with Crippen LogP contribution in [0.5, 0.6) is 0 Å². The summed E-state index contributed by atoms with van der Waals surface area (Å²) in [6.07, 6.45) is 0. The van der Waals surface area contributed by atoms with Gasteiger partial charge in [-0.1, -0.05) is 158 Å². The Bertz CT molecular complexity index is 2930. The van der Waals surface area contributed by atoms with Gasteiger partial charge in [-0.15, -0.1) is 0 Å².